The smallest absolute Gasteiger partial charge is 0.220 e. The largest absolute Gasteiger partial charge is 0.350 e. The molecule has 0 bridgehead atoms. The third-order valence-electron chi connectivity index (χ3n) is 4.54. The van der Waals surface area contributed by atoms with Crippen molar-refractivity contribution < 1.29 is 4.79 Å². The molecule has 1 aromatic carbocycles. The fourth-order valence-electron chi connectivity index (χ4n) is 2.98. The highest BCUT2D eigenvalue weighted by Gasteiger charge is 2.17. The number of hydrogen-bond acceptors (Lipinski definition) is 2. The van der Waals surface area contributed by atoms with E-state index < -0.39 is 0 Å². The average molecular weight is 302 g/mol. The van der Waals surface area contributed by atoms with Crippen molar-refractivity contribution in [1.29, 1.82) is 0 Å². The van der Waals surface area contributed by atoms with E-state index in [0.717, 1.165) is 13.0 Å². The van der Waals surface area contributed by atoms with Gasteiger partial charge in [0.25, 0.3) is 0 Å². The van der Waals surface area contributed by atoms with E-state index in [4.69, 9.17) is 0 Å². The number of amides is 1. The zero-order chi connectivity index (χ0) is 16.2. The maximum absolute atomic E-state index is 12.1. The Morgan fingerprint density at radius 2 is 2.00 bits per heavy atom. The Labute approximate surface area is 134 Å². The van der Waals surface area contributed by atoms with Crippen molar-refractivity contribution in [1.82, 2.24) is 10.6 Å². The molecule has 1 saturated heterocycles. The minimum atomic E-state index is 0.0676. The highest BCUT2D eigenvalue weighted by Crippen LogP contribution is 2.24. The van der Waals surface area contributed by atoms with Crippen LogP contribution < -0.4 is 10.6 Å². The summed E-state index contributed by atoms with van der Waals surface area (Å²) in [6.45, 7) is 9.79. The van der Waals surface area contributed by atoms with Gasteiger partial charge in [0.05, 0.1) is 6.04 Å². The lowest BCUT2D eigenvalue weighted by molar-refractivity contribution is -0.121. The highest BCUT2D eigenvalue weighted by atomic mass is 16.1. The molecule has 1 aliphatic heterocycles. The number of hydrogen-bond donors (Lipinski definition) is 2. The third-order valence-corrected chi connectivity index (χ3v) is 4.54. The molecule has 2 atom stereocenters. The first-order valence-electron chi connectivity index (χ1n) is 8.49. The lowest BCUT2D eigenvalue weighted by atomic mass is 9.86. The molecule has 0 radical (unpaired) electrons. The average Bonchev–Trinajstić information content (AvgIpc) is 2.97. The zero-order valence-corrected chi connectivity index (χ0v) is 14.4. The van der Waals surface area contributed by atoms with Crippen LogP contribution in [0.3, 0.4) is 0 Å². The summed E-state index contributed by atoms with van der Waals surface area (Å²) in [5.41, 5.74) is 2.65. The van der Waals surface area contributed by atoms with Crippen molar-refractivity contribution in [3.05, 3.63) is 35.4 Å². The second-order valence-electron chi connectivity index (χ2n) is 7.49. The van der Waals surface area contributed by atoms with Crippen LogP contribution in [0.15, 0.2) is 24.3 Å². The molecule has 2 N–H and O–H groups in total. The van der Waals surface area contributed by atoms with E-state index in [1.165, 1.54) is 24.0 Å². The molecule has 22 heavy (non-hydrogen) atoms. The van der Waals surface area contributed by atoms with Gasteiger partial charge in [-0.3, -0.25) is 4.79 Å². The van der Waals surface area contributed by atoms with Crippen molar-refractivity contribution in [3.8, 4) is 0 Å². The fourth-order valence-corrected chi connectivity index (χ4v) is 2.98. The van der Waals surface area contributed by atoms with E-state index in [9.17, 15) is 4.79 Å². The van der Waals surface area contributed by atoms with Crippen LogP contribution in [-0.4, -0.2) is 18.5 Å². The lowest BCUT2D eigenvalue weighted by Crippen LogP contribution is -2.29. The Kier molecular flexibility index (Phi) is 5.63. The van der Waals surface area contributed by atoms with Crippen LogP contribution in [-0.2, 0) is 10.2 Å². The molecule has 3 heteroatoms. The number of nitrogens with one attached hydrogen (secondary N) is 2. The molecule has 3 nitrogen and oxygen atoms in total. The van der Waals surface area contributed by atoms with Gasteiger partial charge in [-0.25, -0.2) is 0 Å². The molecule has 0 spiro atoms. The first kappa shape index (κ1) is 17.0. The summed E-state index contributed by atoms with van der Waals surface area (Å²) in [4.78, 5) is 12.1. The summed E-state index contributed by atoms with van der Waals surface area (Å²) >= 11 is 0. The normalized spacial score (nSPS) is 19.9. The Morgan fingerprint density at radius 1 is 1.32 bits per heavy atom. The predicted molar refractivity (Wildman–Crippen MR) is 92.0 cm³/mol. The molecule has 0 aliphatic carbocycles. The van der Waals surface area contributed by atoms with E-state index in [2.05, 4.69) is 62.6 Å². The van der Waals surface area contributed by atoms with Gasteiger partial charge in [-0.2, -0.15) is 0 Å². The molecule has 1 heterocycles. The molecule has 0 saturated carbocycles. The van der Waals surface area contributed by atoms with Crippen LogP contribution in [0.2, 0.25) is 0 Å². The first-order chi connectivity index (χ1) is 10.4. The molecule has 1 aliphatic rings. The van der Waals surface area contributed by atoms with E-state index in [1.54, 1.807) is 0 Å². The summed E-state index contributed by atoms with van der Waals surface area (Å²) in [7, 11) is 0. The van der Waals surface area contributed by atoms with Crippen LogP contribution in [0.5, 0.6) is 0 Å². The summed E-state index contributed by atoms with van der Waals surface area (Å²) in [5, 5.41) is 6.55. The molecule has 1 aromatic rings. The van der Waals surface area contributed by atoms with Gasteiger partial charge < -0.3 is 10.6 Å². The van der Waals surface area contributed by atoms with Gasteiger partial charge >= 0.3 is 0 Å². The van der Waals surface area contributed by atoms with Crippen LogP contribution in [0.4, 0.5) is 0 Å². The summed E-state index contributed by atoms with van der Waals surface area (Å²) in [6, 6.07) is 9.19. The van der Waals surface area contributed by atoms with Gasteiger partial charge in [0.2, 0.25) is 5.91 Å². The van der Waals surface area contributed by atoms with Gasteiger partial charge in [0.1, 0.15) is 0 Å². The van der Waals surface area contributed by atoms with Crippen molar-refractivity contribution in [2.24, 2.45) is 0 Å². The summed E-state index contributed by atoms with van der Waals surface area (Å²) in [5.74, 6) is 0.154. The number of rotatable bonds is 5. The predicted octanol–water partition coefficient (Wildman–Crippen LogP) is 3.69. The minimum absolute atomic E-state index is 0.0676. The Balaban J connectivity index is 1.83. The second-order valence-corrected chi connectivity index (χ2v) is 7.49. The van der Waals surface area contributed by atoms with Crippen LogP contribution in [0.25, 0.3) is 0 Å². The molecule has 0 aromatic heterocycles. The molecule has 1 amide bonds. The third kappa shape index (κ3) is 4.84. The van der Waals surface area contributed by atoms with Crippen molar-refractivity contribution in [2.45, 2.75) is 70.9 Å². The van der Waals surface area contributed by atoms with E-state index in [1.807, 2.05) is 0 Å². The molecule has 122 valence electrons. The van der Waals surface area contributed by atoms with Crippen LogP contribution in [0.1, 0.15) is 70.5 Å². The SMILES string of the molecule is CC(NC(=O)CCC1CCCN1)c1ccc(C(C)(C)C)cc1. The van der Waals surface area contributed by atoms with Crippen molar-refractivity contribution >= 4 is 5.91 Å². The quantitative estimate of drug-likeness (QED) is 0.871. The molecular formula is C19H30N2O. The maximum atomic E-state index is 12.1. The molecule has 2 rings (SSSR count). The van der Waals surface area contributed by atoms with Gasteiger partial charge in [-0.1, -0.05) is 45.0 Å². The maximum Gasteiger partial charge on any atom is 0.220 e. The fraction of sp³-hybridized carbons (Fsp3) is 0.632. The van der Waals surface area contributed by atoms with Crippen molar-refractivity contribution in [2.75, 3.05) is 6.54 Å². The highest BCUT2D eigenvalue weighted by molar-refractivity contribution is 5.76. The standard InChI is InChI=1S/C19H30N2O/c1-14(15-7-9-16(10-8-15)19(2,3)4)21-18(22)12-11-17-6-5-13-20-17/h7-10,14,17,20H,5-6,11-13H2,1-4H3,(H,21,22). The van der Waals surface area contributed by atoms with Gasteiger partial charge in [-0.15, -0.1) is 0 Å². The Hall–Kier alpha value is -1.35. The minimum Gasteiger partial charge on any atom is -0.350 e. The topological polar surface area (TPSA) is 41.1 Å². The Bertz CT molecular complexity index is 481. The molecular weight excluding hydrogens is 272 g/mol. The van der Waals surface area contributed by atoms with E-state index in [0.29, 0.717) is 12.5 Å². The van der Waals surface area contributed by atoms with Crippen LogP contribution in [0, 0.1) is 0 Å². The van der Waals surface area contributed by atoms with Gasteiger partial charge in [0.15, 0.2) is 0 Å². The number of benzene rings is 1. The molecule has 1 fully saturated rings. The number of carbonyl (C=O) groups excluding carboxylic acids is 1. The first-order valence-corrected chi connectivity index (χ1v) is 8.49. The zero-order valence-electron chi connectivity index (χ0n) is 14.4. The van der Waals surface area contributed by atoms with Gasteiger partial charge in [-0.05, 0) is 49.3 Å². The molecule has 2 unspecified atom stereocenters. The van der Waals surface area contributed by atoms with E-state index in [-0.39, 0.29) is 17.4 Å². The monoisotopic (exact) mass is 302 g/mol. The Morgan fingerprint density at radius 3 is 2.55 bits per heavy atom. The number of carbonyl (C=O) groups is 1. The van der Waals surface area contributed by atoms with E-state index >= 15 is 0 Å². The summed E-state index contributed by atoms with van der Waals surface area (Å²) < 4.78 is 0. The second kappa shape index (κ2) is 7.28. The van der Waals surface area contributed by atoms with Gasteiger partial charge in [0, 0.05) is 12.5 Å². The van der Waals surface area contributed by atoms with Crippen molar-refractivity contribution in [3.63, 3.8) is 0 Å². The summed E-state index contributed by atoms with van der Waals surface area (Å²) in [6.07, 6.45) is 4.00. The van der Waals surface area contributed by atoms with Crippen LogP contribution >= 0.6 is 0 Å². The lowest BCUT2D eigenvalue weighted by Gasteiger charge is -2.21.